The van der Waals surface area contributed by atoms with Crippen molar-refractivity contribution in [3.05, 3.63) is 65.0 Å². The summed E-state index contributed by atoms with van der Waals surface area (Å²) in [7, 11) is -3.30. The SMILES string of the molecule is CS(=O)(=O)N1CCc2cc(C(=O)N3[C@@H]4CC[C@@H]3CC(c3ccc(F)cc3)C4)ccc21. The maximum absolute atomic E-state index is 13.4. The standard InChI is InChI=1S/C23H25FN2O3S/c1-30(28,29)25-11-10-16-12-17(4-9-22(16)25)23(27)26-20-7-8-21(26)14-18(13-20)15-2-5-19(24)6-3-15/h2-6,9,12,18,20-21H,7-8,10-11,13-14H2,1H3/t20-,21-/m1/s1. The van der Waals surface area contributed by atoms with E-state index in [9.17, 15) is 17.6 Å². The van der Waals surface area contributed by atoms with Gasteiger partial charge in [0.2, 0.25) is 10.0 Å². The highest BCUT2D eigenvalue weighted by molar-refractivity contribution is 7.92. The zero-order valence-corrected chi connectivity index (χ0v) is 17.7. The van der Waals surface area contributed by atoms with E-state index in [2.05, 4.69) is 0 Å². The Balaban J connectivity index is 1.36. The van der Waals surface area contributed by atoms with Crippen molar-refractivity contribution in [2.75, 3.05) is 17.1 Å². The van der Waals surface area contributed by atoms with Gasteiger partial charge in [0.15, 0.2) is 0 Å². The molecule has 0 spiro atoms. The van der Waals surface area contributed by atoms with Crippen LogP contribution in [0.5, 0.6) is 0 Å². The second-order valence-electron chi connectivity index (χ2n) is 8.75. The maximum atomic E-state index is 13.4. The molecule has 7 heteroatoms. The molecular weight excluding hydrogens is 403 g/mol. The normalized spacial score (nSPS) is 25.5. The summed E-state index contributed by atoms with van der Waals surface area (Å²) in [5, 5.41) is 0. The molecule has 2 bridgehead atoms. The number of carbonyl (C=O) groups is 1. The zero-order chi connectivity index (χ0) is 21.0. The Hall–Kier alpha value is -2.41. The van der Waals surface area contributed by atoms with Gasteiger partial charge in [0, 0.05) is 24.2 Å². The molecule has 3 heterocycles. The molecule has 1 amide bonds. The quantitative estimate of drug-likeness (QED) is 0.749. The van der Waals surface area contributed by atoms with Gasteiger partial charge in [-0.3, -0.25) is 9.10 Å². The molecule has 0 unspecified atom stereocenters. The largest absolute Gasteiger partial charge is 0.333 e. The average molecular weight is 429 g/mol. The van der Waals surface area contributed by atoms with Crippen molar-refractivity contribution < 1.29 is 17.6 Å². The van der Waals surface area contributed by atoms with Gasteiger partial charge in [-0.15, -0.1) is 0 Å². The van der Waals surface area contributed by atoms with Gasteiger partial charge in [-0.1, -0.05) is 12.1 Å². The molecule has 0 saturated carbocycles. The second-order valence-corrected chi connectivity index (χ2v) is 10.7. The van der Waals surface area contributed by atoms with Crippen molar-refractivity contribution in [2.24, 2.45) is 0 Å². The fourth-order valence-electron chi connectivity index (χ4n) is 5.51. The molecule has 5 rings (SSSR count). The van der Waals surface area contributed by atoms with Crippen LogP contribution >= 0.6 is 0 Å². The summed E-state index contributed by atoms with van der Waals surface area (Å²) in [4.78, 5) is 15.4. The van der Waals surface area contributed by atoms with Crippen LogP contribution in [0.25, 0.3) is 0 Å². The van der Waals surface area contributed by atoms with E-state index in [1.54, 1.807) is 12.1 Å². The zero-order valence-electron chi connectivity index (χ0n) is 16.9. The van der Waals surface area contributed by atoms with E-state index >= 15 is 0 Å². The molecule has 5 nitrogen and oxygen atoms in total. The van der Waals surface area contributed by atoms with E-state index in [1.165, 1.54) is 22.7 Å². The first kappa shape index (κ1) is 19.5. The fraction of sp³-hybridized carbons (Fsp3) is 0.435. The first-order chi connectivity index (χ1) is 14.3. The Morgan fingerprint density at radius 2 is 1.70 bits per heavy atom. The minimum Gasteiger partial charge on any atom is -0.333 e. The summed E-state index contributed by atoms with van der Waals surface area (Å²) in [6.45, 7) is 0.431. The van der Waals surface area contributed by atoms with Gasteiger partial charge in [-0.05, 0) is 79.5 Å². The highest BCUT2D eigenvalue weighted by Crippen LogP contribution is 2.44. The summed E-state index contributed by atoms with van der Waals surface area (Å²) in [6.07, 6.45) is 5.65. The molecule has 3 aliphatic heterocycles. The van der Waals surface area contributed by atoms with E-state index in [0.717, 1.165) is 36.8 Å². The minimum atomic E-state index is -3.30. The van der Waals surface area contributed by atoms with Crippen LogP contribution in [0.3, 0.4) is 0 Å². The molecule has 30 heavy (non-hydrogen) atoms. The van der Waals surface area contributed by atoms with Crippen molar-refractivity contribution in [1.29, 1.82) is 0 Å². The van der Waals surface area contributed by atoms with Crippen LogP contribution in [0.4, 0.5) is 10.1 Å². The number of anilines is 1. The Morgan fingerprint density at radius 3 is 2.33 bits per heavy atom. The number of piperidine rings is 1. The molecule has 158 valence electrons. The number of rotatable bonds is 3. The third-order valence-electron chi connectivity index (χ3n) is 6.89. The second kappa shape index (κ2) is 7.08. The van der Waals surface area contributed by atoms with Gasteiger partial charge < -0.3 is 4.90 Å². The molecule has 0 N–H and O–H groups in total. The van der Waals surface area contributed by atoms with E-state index in [4.69, 9.17) is 0 Å². The Kier molecular flexibility index (Phi) is 4.61. The molecule has 2 atom stereocenters. The first-order valence-electron chi connectivity index (χ1n) is 10.5. The van der Waals surface area contributed by atoms with Gasteiger partial charge in [0.05, 0.1) is 11.9 Å². The highest BCUT2D eigenvalue weighted by Gasteiger charge is 2.44. The maximum Gasteiger partial charge on any atom is 0.254 e. The number of fused-ring (bicyclic) bond motifs is 3. The van der Waals surface area contributed by atoms with Crippen LogP contribution in [-0.2, 0) is 16.4 Å². The number of sulfonamides is 1. The summed E-state index contributed by atoms with van der Waals surface area (Å²) >= 11 is 0. The van der Waals surface area contributed by atoms with Crippen LogP contribution in [0.15, 0.2) is 42.5 Å². The topological polar surface area (TPSA) is 57.7 Å². The van der Waals surface area contributed by atoms with Crippen LogP contribution < -0.4 is 4.31 Å². The molecule has 2 aromatic rings. The first-order valence-corrected chi connectivity index (χ1v) is 12.3. The Labute approximate surface area is 176 Å². The van der Waals surface area contributed by atoms with E-state index in [0.29, 0.717) is 30.1 Å². The Morgan fingerprint density at radius 1 is 1.03 bits per heavy atom. The number of hydrogen-bond acceptors (Lipinski definition) is 3. The molecule has 2 saturated heterocycles. The number of hydrogen-bond donors (Lipinski definition) is 0. The number of nitrogens with zero attached hydrogens (tertiary/aromatic N) is 2. The van der Waals surface area contributed by atoms with Gasteiger partial charge >= 0.3 is 0 Å². The fourth-order valence-corrected chi connectivity index (χ4v) is 6.47. The predicted molar refractivity (Wildman–Crippen MR) is 114 cm³/mol. The molecular formula is C23H25FN2O3S. The lowest BCUT2D eigenvalue weighted by molar-refractivity contribution is 0.0571. The van der Waals surface area contributed by atoms with Crippen molar-refractivity contribution >= 4 is 21.6 Å². The summed E-state index contributed by atoms with van der Waals surface area (Å²) in [6, 6.07) is 12.6. The monoisotopic (exact) mass is 428 g/mol. The van der Waals surface area contributed by atoms with Gasteiger partial charge in [-0.25, -0.2) is 12.8 Å². The van der Waals surface area contributed by atoms with Crippen LogP contribution in [0.1, 0.15) is 53.1 Å². The van der Waals surface area contributed by atoms with E-state index in [1.807, 2.05) is 23.1 Å². The van der Waals surface area contributed by atoms with Crippen LogP contribution in [0, 0.1) is 5.82 Å². The van der Waals surface area contributed by atoms with Crippen LogP contribution in [-0.4, -0.2) is 44.1 Å². The number of amides is 1. The minimum absolute atomic E-state index is 0.0423. The van der Waals surface area contributed by atoms with E-state index in [-0.39, 0.29) is 23.8 Å². The third-order valence-corrected chi connectivity index (χ3v) is 8.07. The van der Waals surface area contributed by atoms with Crippen LogP contribution in [0.2, 0.25) is 0 Å². The van der Waals surface area contributed by atoms with Crippen molar-refractivity contribution in [2.45, 2.75) is 50.1 Å². The number of benzene rings is 2. The average Bonchev–Trinajstić information content (AvgIpc) is 3.25. The third kappa shape index (κ3) is 3.29. The molecule has 0 aliphatic carbocycles. The van der Waals surface area contributed by atoms with Crippen molar-refractivity contribution in [3.8, 4) is 0 Å². The summed E-state index contributed by atoms with van der Waals surface area (Å²) in [5.41, 5.74) is 3.40. The van der Waals surface area contributed by atoms with Gasteiger partial charge in [-0.2, -0.15) is 0 Å². The number of carbonyl (C=O) groups excluding carboxylic acids is 1. The summed E-state index contributed by atoms with van der Waals surface area (Å²) in [5.74, 6) is 0.177. The van der Waals surface area contributed by atoms with Gasteiger partial charge in [0.1, 0.15) is 5.82 Å². The lowest BCUT2D eigenvalue weighted by Crippen LogP contribution is -2.46. The number of halogens is 1. The lowest BCUT2D eigenvalue weighted by atomic mass is 9.84. The lowest BCUT2D eigenvalue weighted by Gasteiger charge is -2.39. The predicted octanol–water partition coefficient (Wildman–Crippen LogP) is 3.70. The summed E-state index contributed by atoms with van der Waals surface area (Å²) < 4.78 is 38.6. The van der Waals surface area contributed by atoms with E-state index < -0.39 is 10.0 Å². The van der Waals surface area contributed by atoms with Crippen molar-refractivity contribution in [1.82, 2.24) is 4.90 Å². The molecule has 2 fully saturated rings. The van der Waals surface area contributed by atoms with Crippen molar-refractivity contribution in [3.63, 3.8) is 0 Å². The molecule has 0 radical (unpaired) electrons. The highest BCUT2D eigenvalue weighted by atomic mass is 32.2. The smallest absolute Gasteiger partial charge is 0.254 e. The molecule has 3 aliphatic rings. The molecule has 0 aromatic heterocycles. The Bertz CT molecular complexity index is 1090. The van der Waals surface area contributed by atoms with Gasteiger partial charge in [0.25, 0.3) is 5.91 Å². The molecule has 2 aromatic carbocycles.